The van der Waals surface area contributed by atoms with Crippen LogP contribution >= 0.6 is 0 Å². The third-order valence-corrected chi connectivity index (χ3v) is 4.31. The van der Waals surface area contributed by atoms with Crippen LogP contribution in [0.1, 0.15) is 68.6 Å². The third-order valence-electron chi connectivity index (χ3n) is 4.31. The molecule has 0 fully saturated rings. The molecule has 1 aromatic carbocycles. The van der Waals surface area contributed by atoms with Gasteiger partial charge in [0.05, 0.1) is 13.7 Å². The maximum absolute atomic E-state index is 12.3. The van der Waals surface area contributed by atoms with Gasteiger partial charge in [-0.15, -0.1) is 0 Å². The summed E-state index contributed by atoms with van der Waals surface area (Å²) in [5.74, 6) is 0.114. The smallest absolute Gasteiger partial charge is 0.325 e. The second-order valence-electron chi connectivity index (χ2n) is 6.59. The molecule has 0 aromatic heterocycles. The number of hydrogen-bond acceptors (Lipinski definition) is 4. The van der Waals surface area contributed by atoms with Crippen LogP contribution in [-0.4, -0.2) is 44.1 Å². The van der Waals surface area contributed by atoms with E-state index in [9.17, 15) is 9.59 Å². The van der Waals surface area contributed by atoms with Gasteiger partial charge in [0.15, 0.2) is 0 Å². The molecule has 1 rings (SSSR count). The van der Waals surface area contributed by atoms with Crippen LogP contribution in [0.3, 0.4) is 0 Å². The van der Waals surface area contributed by atoms with E-state index in [0.717, 1.165) is 12.8 Å². The van der Waals surface area contributed by atoms with Crippen molar-refractivity contribution in [2.24, 2.45) is 0 Å². The molecule has 0 aliphatic heterocycles. The summed E-state index contributed by atoms with van der Waals surface area (Å²) in [5, 5.41) is 0. The Kier molecular flexibility index (Phi) is 11.2. The van der Waals surface area contributed by atoms with E-state index in [2.05, 4.69) is 6.92 Å². The van der Waals surface area contributed by atoms with Crippen molar-refractivity contribution in [2.45, 2.75) is 58.3 Å². The van der Waals surface area contributed by atoms with Gasteiger partial charge in [0, 0.05) is 12.6 Å². The van der Waals surface area contributed by atoms with E-state index in [0.29, 0.717) is 17.9 Å². The van der Waals surface area contributed by atoms with Crippen LogP contribution in [0.25, 0.3) is 0 Å². The van der Waals surface area contributed by atoms with Gasteiger partial charge >= 0.3 is 5.97 Å². The Labute approximate surface area is 157 Å². The summed E-state index contributed by atoms with van der Waals surface area (Å²) in [6.45, 7) is 2.61. The number of unbranched alkanes of at least 4 members (excludes halogenated alkanes) is 7. The molecule has 0 N–H and O–H groups in total. The Morgan fingerprint density at radius 3 is 2.08 bits per heavy atom. The number of nitrogens with zero attached hydrogens (tertiary/aromatic N) is 1. The molecule has 0 saturated carbocycles. The van der Waals surface area contributed by atoms with E-state index in [1.54, 1.807) is 38.4 Å². The van der Waals surface area contributed by atoms with Crippen molar-refractivity contribution in [1.82, 2.24) is 4.90 Å². The van der Waals surface area contributed by atoms with Crippen LogP contribution in [0.2, 0.25) is 0 Å². The molecule has 0 atom stereocenters. The fourth-order valence-corrected chi connectivity index (χ4v) is 2.69. The Balaban J connectivity index is 2.16. The average Bonchev–Trinajstić information content (AvgIpc) is 2.66. The highest BCUT2D eigenvalue weighted by molar-refractivity contribution is 5.95. The van der Waals surface area contributed by atoms with Gasteiger partial charge in [0.2, 0.25) is 0 Å². The lowest BCUT2D eigenvalue weighted by Gasteiger charge is -2.16. The van der Waals surface area contributed by atoms with E-state index in [-0.39, 0.29) is 18.4 Å². The zero-order chi connectivity index (χ0) is 19.2. The fourth-order valence-electron chi connectivity index (χ4n) is 2.69. The minimum absolute atomic E-state index is 0.0398. The molecule has 0 unspecified atom stereocenters. The van der Waals surface area contributed by atoms with Crippen molar-refractivity contribution >= 4 is 11.9 Å². The van der Waals surface area contributed by atoms with Gasteiger partial charge in [0.1, 0.15) is 12.3 Å². The van der Waals surface area contributed by atoms with Crippen LogP contribution in [0.5, 0.6) is 5.75 Å². The van der Waals surface area contributed by atoms with Crippen molar-refractivity contribution in [3.63, 3.8) is 0 Å². The topological polar surface area (TPSA) is 55.8 Å². The van der Waals surface area contributed by atoms with E-state index in [1.807, 2.05) is 0 Å². The molecule has 0 heterocycles. The molecule has 0 bridgehead atoms. The fraction of sp³-hybridized carbons (Fsp3) is 0.619. The zero-order valence-electron chi connectivity index (χ0n) is 16.5. The molecule has 0 aliphatic carbocycles. The summed E-state index contributed by atoms with van der Waals surface area (Å²) in [6.07, 6.45) is 9.62. The highest BCUT2D eigenvalue weighted by atomic mass is 16.5. The van der Waals surface area contributed by atoms with Crippen molar-refractivity contribution in [3.05, 3.63) is 29.8 Å². The van der Waals surface area contributed by atoms with Crippen molar-refractivity contribution < 1.29 is 19.1 Å². The normalized spacial score (nSPS) is 10.4. The molecule has 5 nitrogen and oxygen atoms in total. The summed E-state index contributed by atoms with van der Waals surface area (Å²) in [5.41, 5.74) is 0.518. The number of hydrogen-bond donors (Lipinski definition) is 0. The molecule has 146 valence electrons. The van der Waals surface area contributed by atoms with E-state index >= 15 is 0 Å². The molecule has 0 spiro atoms. The highest BCUT2D eigenvalue weighted by Crippen LogP contribution is 2.13. The van der Waals surface area contributed by atoms with E-state index in [4.69, 9.17) is 9.47 Å². The van der Waals surface area contributed by atoms with Crippen molar-refractivity contribution in [2.75, 3.05) is 27.3 Å². The monoisotopic (exact) mass is 363 g/mol. The van der Waals surface area contributed by atoms with Gasteiger partial charge in [-0.05, 0) is 30.7 Å². The number of amides is 1. The van der Waals surface area contributed by atoms with Crippen LogP contribution in [0.15, 0.2) is 24.3 Å². The summed E-state index contributed by atoms with van der Waals surface area (Å²) in [7, 11) is 3.18. The predicted octanol–water partition coefficient (Wildman–Crippen LogP) is 4.45. The molecule has 1 amide bonds. The molecule has 26 heavy (non-hydrogen) atoms. The summed E-state index contributed by atoms with van der Waals surface area (Å²) in [4.78, 5) is 25.5. The van der Waals surface area contributed by atoms with Gasteiger partial charge < -0.3 is 14.4 Å². The van der Waals surface area contributed by atoms with Crippen molar-refractivity contribution in [1.29, 1.82) is 0 Å². The summed E-state index contributed by atoms with van der Waals surface area (Å²) in [6, 6.07) is 6.82. The van der Waals surface area contributed by atoms with Gasteiger partial charge in [0.25, 0.3) is 5.91 Å². The number of carbonyl (C=O) groups is 2. The maximum Gasteiger partial charge on any atom is 0.325 e. The minimum atomic E-state index is -0.364. The first kappa shape index (κ1) is 22.0. The second kappa shape index (κ2) is 13.2. The molecule has 0 saturated heterocycles. The predicted molar refractivity (Wildman–Crippen MR) is 104 cm³/mol. The Morgan fingerprint density at radius 1 is 0.923 bits per heavy atom. The first-order chi connectivity index (χ1) is 12.6. The lowest BCUT2D eigenvalue weighted by molar-refractivity contribution is -0.144. The Morgan fingerprint density at radius 2 is 1.50 bits per heavy atom. The second-order valence-corrected chi connectivity index (χ2v) is 6.59. The first-order valence-electron chi connectivity index (χ1n) is 9.63. The zero-order valence-corrected chi connectivity index (χ0v) is 16.5. The van der Waals surface area contributed by atoms with Gasteiger partial charge in [-0.25, -0.2) is 0 Å². The van der Waals surface area contributed by atoms with Crippen LogP contribution < -0.4 is 4.74 Å². The van der Waals surface area contributed by atoms with Crippen LogP contribution in [-0.2, 0) is 9.53 Å². The standard InChI is InChI=1S/C21H33NO4/c1-4-5-6-7-8-9-10-11-16-26-20(23)17-22(2)21(24)18-12-14-19(25-3)15-13-18/h12-15H,4-11,16-17H2,1-3H3. The number of methoxy groups -OCH3 is 1. The number of carbonyl (C=O) groups excluding carboxylic acids is 2. The van der Waals surface area contributed by atoms with Gasteiger partial charge in [-0.3, -0.25) is 9.59 Å². The number of rotatable bonds is 13. The maximum atomic E-state index is 12.3. The minimum Gasteiger partial charge on any atom is -0.497 e. The molecule has 1 aromatic rings. The number of ether oxygens (including phenoxy) is 2. The lowest BCUT2D eigenvalue weighted by atomic mass is 10.1. The van der Waals surface area contributed by atoms with Crippen LogP contribution in [0.4, 0.5) is 0 Å². The van der Waals surface area contributed by atoms with Crippen LogP contribution in [0, 0.1) is 0 Å². The summed E-state index contributed by atoms with van der Waals surface area (Å²) < 4.78 is 10.3. The molecular weight excluding hydrogens is 330 g/mol. The number of esters is 1. The van der Waals surface area contributed by atoms with Crippen molar-refractivity contribution in [3.8, 4) is 5.75 Å². The quantitative estimate of drug-likeness (QED) is 0.384. The average molecular weight is 363 g/mol. The van der Waals surface area contributed by atoms with Gasteiger partial charge in [-0.2, -0.15) is 0 Å². The Bertz CT molecular complexity index is 527. The molecular formula is C21H33NO4. The van der Waals surface area contributed by atoms with Gasteiger partial charge in [-0.1, -0.05) is 51.9 Å². The van der Waals surface area contributed by atoms with E-state index < -0.39 is 0 Å². The number of likely N-dealkylation sites (N-methyl/N-ethyl adjacent to an activating group) is 1. The SMILES string of the molecule is CCCCCCCCCCOC(=O)CN(C)C(=O)c1ccc(OC)cc1. The Hall–Kier alpha value is -2.04. The number of benzene rings is 1. The lowest BCUT2D eigenvalue weighted by Crippen LogP contribution is -2.33. The largest absolute Gasteiger partial charge is 0.497 e. The first-order valence-corrected chi connectivity index (χ1v) is 9.63. The molecule has 5 heteroatoms. The molecule has 0 aliphatic rings. The molecule has 0 radical (unpaired) electrons. The van der Waals surface area contributed by atoms with E-state index in [1.165, 1.54) is 43.4 Å². The third kappa shape index (κ3) is 8.88. The summed E-state index contributed by atoms with van der Waals surface area (Å²) >= 11 is 0. The highest BCUT2D eigenvalue weighted by Gasteiger charge is 2.15.